The molecule has 0 aromatic carbocycles. The van der Waals surface area contributed by atoms with E-state index in [-0.39, 0.29) is 0 Å². The molecular formula is C4H6BrN3O. The van der Waals surface area contributed by atoms with Crippen LogP contribution in [0.25, 0.3) is 0 Å². The lowest BCUT2D eigenvalue weighted by molar-refractivity contribution is 0.437. The fraction of sp³-hybridized carbons (Fsp3) is 0.250. The van der Waals surface area contributed by atoms with Crippen molar-refractivity contribution in [3.63, 3.8) is 0 Å². The molecule has 0 saturated heterocycles. The molecule has 9 heavy (non-hydrogen) atoms. The Morgan fingerprint density at radius 2 is 2.44 bits per heavy atom. The van der Waals surface area contributed by atoms with Gasteiger partial charge in [0.1, 0.15) is 4.47 Å². The molecule has 1 heterocycles. The zero-order valence-electron chi connectivity index (χ0n) is 4.81. The Morgan fingerprint density at radius 3 is 2.67 bits per heavy atom. The summed E-state index contributed by atoms with van der Waals surface area (Å²) >= 11 is 3.17. The van der Waals surface area contributed by atoms with Crippen LogP contribution in [0.2, 0.25) is 0 Å². The maximum Gasteiger partial charge on any atom is 0.241 e. The van der Waals surface area contributed by atoms with Crippen molar-refractivity contribution >= 4 is 27.6 Å². The Kier molecular flexibility index (Phi) is 1.61. The third kappa shape index (κ3) is 0.999. The van der Waals surface area contributed by atoms with Gasteiger partial charge < -0.3 is 15.6 Å². The third-order valence-corrected chi connectivity index (χ3v) is 1.65. The van der Waals surface area contributed by atoms with Gasteiger partial charge in [-0.1, -0.05) is 5.16 Å². The van der Waals surface area contributed by atoms with Crippen LogP contribution in [0.3, 0.4) is 0 Å². The number of anilines is 2. The Labute approximate surface area is 60.5 Å². The highest BCUT2D eigenvalue weighted by Gasteiger charge is 2.06. The van der Waals surface area contributed by atoms with Gasteiger partial charge in [0, 0.05) is 7.05 Å². The Balaban J connectivity index is 3.04. The second-order valence-electron chi connectivity index (χ2n) is 1.46. The number of aromatic nitrogens is 1. The van der Waals surface area contributed by atoms with Crippen molar-refractivity contribution in [3.05, 3.63) is 4.47 Å². The molecule has 0 fully saturated rings. The number of nitrogens with one attached hydrogen (secondary N) is 1. The molecule has 0 aliphatic rings. The highest BCUT2D eigenvalue weighted by Crippen LogP contribution is 2.26. The van der Waals surface area contributed by atoms with Gasteiger partial charge >= 0.3 is 0 Å². The Morgan fingerprint density at radius 1 is 1.78 bits per heavy atom. The minimum absolute atomic E-state index is 0.361. The van der Waals surface area contributed by atoms with Gasteiger partial charge in [0.05, 0.1) is 0 Å². The summed E-state index contributed by atoms with van der Waals surface area (Å²) in [6.07, 6.45) is 0. The number of halogens is 1. The molecule has 1 aromatic heterocycles. The molecule has 5 heteroatoms. The number of nitrogen functional groups attached to an aromatic ring is 1. The zero-order chi connectivity index (χ0) is 6.85. The maximum atomic E-state index is 5.32. The smallest absolute Gasteiger partial charge is 0.241 e. The molecule has 50 valence electrons. The van der Waals surface area contributed by atoms with E-state index in [1.54, 1.807) is 7.05 Å². The van der Waals surface area contributed by atoms with E-state index in [1.165, 1.54) is 0 Å². The van der Waals surface area contributed by atoms with Crippen LogP contribution in [0.1, 0.15) is 0 Å². The van der Waals surface area contributed by atoms with Crippen LogP contribution in [0.5, 0.6) is 0 Å². The van der Waals surface area contributed by atoms with E-state index in [9.17, 15) is 0 Å². The van der Waals surface area contributed by atoms with Crippen LogP contribution in [-0.4, -0.2) is 12.2 Å². The Bertz CT molecular complexity index is 210. The number of nitrogens with two attached hydrogens (primary N) is 1. The summed E-state index contributed by atoms with van der Waals surface area (Å²) < 4.78 is 5.38. The standard InChI is InChI=1S/C4H6BrN3O/c1-7-4-2(5)3(6)8-9-4/h7H,1H3,(H2,6,8). The molecule has 4 nitrogen and oxygen atoms in total. The summed E-state index contributed by atoms with van der Waals surface area (Å²) in [6.45, 7) is 0. The van der Waals surface area contributed by atoms with Gasteiger partial charge in [-0.25, -0.2) is 0 Å². The number of hydrogen-bond acceptors (Lipinski definition) is 4. The van der Waals surface area contributed by atoms with E-state index in [1.807, 2.05) is 0 Å². The molecule has 0 radical (unpaired) electrons. The summed E-state index contributed by atoms with van der Waals surface area (Å²) in [7, 11) is 1.73. The van der Waals surface area contributed by atoms with Crippen LogP contribution in [0.15, 0.2) is 9.00 Å². The van der Waals surface area contributed by atoms with Crippen molar-refractivity contribution in [1.29, 1.82) is 0 Å². The molecule has 3 N–H and O–H groups in total. The lowest BCUT2D eigenvalue weighted by Gasteiger charge is -1.88. The average Bonchev–Trinajstić information content (AvgIpc) is 2.15. The van der Waals surface area contributed by atoms with Gasteiger partial charge in [0.15, 0.2) is 5.82 Å². The predicted octanol–water partition coefficient (Wildman–Crippen LogP) is 1.06. The minimum Gasteiger partial charge on any atom is -0.380 e. The van der Waals surface area contributed by atoms with E-state index < -0.39 is 0 Å². The monoisotopic (exact) mass is 191 g/mol. The molecular weight excluding hydrogens is 186 g/mol. The van der Waals surface area contributed by atoms with Crippen LogP contribution in [0, 0.1) is 0 Å². The van der Waals surface area contributed by atoms with E-state index in [2.05, 4.69) is 26.4 Å². The van der Waals surface area contributed by atoms with E-state index >= 15 is 0 Å². The third-order valence-electron chi connectivity index (χ3n) is 0.887. The first-order valence-corrected chi connectivity index (χ1v) is 3.13. The molecule has 1 aromatic rings. The zero-order valence-corrected chi connectivity index (χ0v) is 6.40. The topological polar surface area (TPSA) is 64.1 Å². The van der Waals surface area contributed by atoms with E-state index in [4.69, 9.17) is 10.3 Å². The fourth-order valence-corrected chi connectivity index (χ4v) is 0.790. The van der Waals surface area contributed by atoms with Gasteiger partial charge in [0.2, 0.25) is 5.88 Å². The first kappa shape index (κ1) is 6.41. The van der Waals surface area contributed by atoms with Crippen LogP contribution < -0.4 is 11.1 Å². The second-order valence-corrected chi connectivity index (χ2v) is 2.25. The lowest BCUT2D eigenvalue weighted by Crippen LogP contribution is -1.86. The molecule has 0 saturated carbocycles. The summed E-state index contributed by atoms with van der Waals surface area (Å²) in [5.74, 6) is 0.909. The molecule has 0 amide bonds. The van der Waals surface area contributed by atoms with Crippen molar-refractivity contribution in [3.8, 4) is 0 Å². The van der Waals surface area contributed by atoms with Crippen LogP contribution >= 0.6 is 15.9 Å². The summed E-state index contributed by atoms with van der Waals surface area (Å²) in [4.78, 5) is 0. The summed E-state index contributed by atoms with van der Waals surface area (Å²) in [6, 6.07) is 0. The maximum absolute atomic E-state index is 5.32. The van der Waals surface area contributed by atoms with Gasteiger partial charge in [-0.05, 0) is 15.9 Å². The number of nitrogens with zero attached hydrogens (tertiary/aromatic N) is 1. The molecule has 0 bridgehead atoms. The number of hydrogen-bond donors (Lipinski definition) is 2. The Hall–Kier alpha value is -0.710. The summed E-state index contributed by atoms with van der Waals surface area (Å²) in [5.41, 5.74) is 5.32. The van der Waals surface area contributed by atoms with E-state index in [0.717, 1.165) is 0 Å². The first-order valence-electron chi connectivity index (χ1n) is 2.34. The molecule has 0 aliphatic carbocycles. The molecule has 0 aliphatic heterocycles. The quantitative estimate of drug-likeness (QED) is 0.698. The molecule has 0 unspecified atom stereocenters. The molecule has 0 spiro atoms. The molecule has 0 atom stereocenters. The van der Waals surface area contributed by atoms with Gasteiger partial charge in [-0.2, -0.15) is 0 Å². The minimum atomic E-state index is 0.361. The molecule has 1 rings (SSSR count). The number of rotatable bonds is 1. The first-order chi connectivity index (χ1) is 4.25. The van der Waals surface area contributed by atoms with E-state index in [0.29, 0.717) is 16.2 Å². The van der Waals surface area contributed by atoms with Gasteiger partial charge in [-0.3, -0.25) is 0 Å². The van der Waals surface area contributed by atoms with Crippen LogP contribution in [-0.2, 0) is 0 Å². The highest BCUT2D eigenvalue weighted by atomic mass is 79.9. The summed E-state index contributed by atoms with van der Waals surface area (Å²) in [5, 5.41) is 6.24. The van der Waals surface area contributed by atoms with Crippen molar-refractivity contribution in [1.82, 2.24) is 5.16 Å². The van der Waals surface area contributed by atoms with Crippen molar-refractivity contribution in [2.75, 3.05) is 18.1 Å². The highest BCUT2D eigenvalue weighted by molar-refractivity contribution is 9.10. The van der Waals surface area contributed by atoms with Crippen molar-refractivity contribution in [2.24, 2.45) is 0 Å². The average molecular weight is 192 g/mol. The normalized spacial score (nSPS) is 9.56. The van der Waals surface area contributed by atoms with Gasteiger partial charge in [0.25, 0.3) is 0 Å². The lowest BCUT2D eigenvalue weighted by atomic mass is 10.6. The largest absolute Gasteiger partial charge is 0.380 e. The van der Waals surface area contributed by atoms with Gasteiger partial charge in [-0.15, -0.1) is 0 Å². The van der Waals surface area contributed by atoms with Crippen molar-refractivity contribution in [2.45, 2.75) is 0 Å². The predicted molar refractivity (Wildman–Crippen MR) is 38.2 cm³/mol. The fourth-order valence-electron chi connectivity index (χ4n) is 0.447. The second kappa shape index (κ2) is 2.26. The van der Waals surface area contributed by atoms with Crippen molar-refractivity contribution < 1.29 is 4.52 Å². The SMILES string of the molecule is CNc1onc(N)c1Br. The van der Waals surface area contributed by atoms with Crippen LogP contribution in [0.4, 0.5) is 11.7 Å².